The molecule has 1 aromatic rings. The van der Waals surface area contributed by atoms with Crippen LogP contribution in [-0.2, 0) is 6.42 Å². The quantitative estimate of drug-likeness (QED) is 0.796. The van der Waals surface area contributed by atoms with E-state index < -0.39 is 5.60 Å². The van der Waals surface area contributed by atoms with Gasteiger partial charge in [0.1, 0.15) is 5.76 Å². The second kappa shape index (κ2) is 2.87. The van der Waals surface area contributed by atoms with E-state index in [1.807, 2.05) is 12.1 Å². The molecule has 1 aromatic heterocycles. The van der Waals surface area contributed by atoms with Gasteiger partial charge in [0, 0.05) is 19.5 Å². The molecule has 2 heterocycles. The van der Waals surface area contributed by atoms with Crippen LogP contribution in [0, 0.1) is 0 Å². The van der Waals surface area contributed by atoms with Crippen molar-refractivity contribution in [3.63, 3.8) is 0 Å². The highest BCUT2D eigenvalue weighted by atomic mass is 79.9. The molecule has 0 amide bonds. The van der Waals surface area contributed by atoms with Crippen molar-refractivity contribution >= 4 is 15.9 Å². The van der Waals surface area contributed by atoms with Crippen molar-refractivity contribution in [2.24, 2.45) is 0 Å². The lowest BCUT2D eigenvalue weighted by Crippen LogP contribution is -2.60. The SMILES string of the molecule is OC1(Cc2ccc(Br)o2)CNC1. The van der Waals surface area contributed by atoms with E-state index in [9.17, 15) is 5.11 Å². The first-order valence-corrected chi connectivity index (χ1v) is 4.65. The monoisotopic (exact) mass is 231 g/mol. The van der Waals surface area contributed by atoms with Crippen molar-refractivity contribution in [3.05, 3.63) is 22.6 Å². The van der Waals surface area contributed by atoms with Crippen LogP contribution in [0.15, 0.2) is 21.2 Å². The molecule has 66 valence electrons. The second-order valence-electron chi connectivity index (χ2n) is 3.21. The van der Waals surface area contributed by atoms with E-state index in [4.69, 9.17) is 4.42 Å². The summed E-state index contributed by atoms with van der Waals surface area (Å²) < 4.78 is 6.00. The zero-order valence-corrected chi connectivity index (χ0v) is 8.10. The first-order chi connectivity index (χ1) is 5.68. The predicted molar refractivity (Wildman–Crippen MR) is 47.9 cm³/mol. The maximum atomic E-state index is 9.73. The molecule has 0 unspecified atom stereocenters. The van der Waals surface area contributed by atoms with Gasteiger partial charge in [-0.2, -0.15) is 0 Å². The number of furan rings is 1. The van der Waals surface area contributed by atoms with Crippen molar-refractivity contribution in [2.45, 2.75) is 12.0 Å². The van der Waals surface area contributed by atoms with Crippen LogP contribution in [0.3, 0.4) is 0 Å². The van der Waals surface area contributed by atoms with Crippen LogP contribution in [0.2, 0.25) is 0 Å². The average Bonchev–Trinajstić information content (AvgIpc) is 2.32. The smallest absolute Gasteiger partial charge is 0.169 e. The zero-order chi connectivity index (χ0) is 8.60. The van der Waals surface area contributed by atoms with Crippen LogP contribution >= 0.6 is 15.9 Å². The molecule has 0 aliphatic carbocycles. The minimum atomic E-state index is -0.586. The van der Waals surface area contributed by atoms with Crippen molar-refractivity contribution in [1.29, 1.82) is 0 Å². The summed E-state index contributed by atoms with van der Waals surface area (Å²) in [6, 6.07) is 3.71. The first kappa shape index (κ1) is 8.29. The molecule has 1 aliphatic heterocycles. The Morgan fingerprint density at radius 3 is 2.75 bits per heavy atom. The molecule has 0 atom stereocenters. The molecule has 3 nitrogen and oxygen atoms in total. The normalized spacial score (nSPS) is 20.5. The van der Waals surface area contributed by atoms with E-state index in [0.29, 0.717) is 24.2 Å². The Kier molecular flexibility index (Phi) is 1.98. The highest BCUT2D eigenvalue weighted by molar-refractivity contribution is 9.10. The van der Waals surface area contributed by atoms with E-state index in [-0.39, 0.29) is 0 Å². The van der Waals surface area contributed by atoms with Gasteiger partial charge in [-0.3, -0.25) is 0 Å². The molecule has 0 spiro atoms. The Labute approximate surface area is 78.9 Å². The van der Waals surface area contributed by atoms with Gasteiger partial charge in [0.05, 0.1) is 5.60 Å². The number of rotatable bonds is 2. The van der Waals surface area contributed by atoms with Gasteiger partial charge in [-0.1, -0.05) is 0 Å². The van der Waals surface area contributed by atoms with Crippen LogP contribution in [0.5, 0.6) is 0 Å². The summed E-state index contributed by atoms with van der Waals surface area (Å²) >= 11 is 3.22. The molecule has 1 fully saturated rings. The van der Waals surface area contributed by atoms with Crippen molar-refractivity contribution in [1.82, 2.24) is 5.32 Å². The molecule has 0 saturated carbocycles. The molecule has 0 bridgehead atoms. The third-order valence-electron chi connectivity index (χ3n) is 2.04. The van der Waals surface area contributed by atoms with E-state index in [2.05, 4.69) is 21.2 Å². The van der Waals surface area contributed by atoms with E-state index in [0.717, 1.165) is 5.76 Å². The molecular formula is C8H10BrNO2. The summed E-state index contributed by atoms with van der Waals surface area (Å²) in [5.41, 5.74) is -0.586. The number of hydrogen-bond acceptors (Lipinski definition) is 3. The van der Waals surface area contributed by atoms with Crippen molar-refractivity contribution < 1.29 is 9.52 Å². The fraction of sp³-hybridized carbons (Fsp3) is 0.500. The van der Waals surface area contributed by atoms with Gasteiger partial charge in [0.25, 0.3) is 0 Å². The highest BCUT2D eigenvalue weighted by Gasteiger charge is 2.35. The highest BCUT2D eigenvalue weighted by Crippen LogP contribution is 2.21. The van der Waals surface area contributed by atoms with Gasteiger partial charge >= 0.3 is 0 Å². The van der Waals surface area contributed by atoms with Gasteiger partial charge < -0.3 is 14.8 Å². The molecule has 1 saturated heterocycles. The molecule has 0 radical (unpaired) electrons. The van der Waals surface area contributed by atoms with Crippen LogP contribution in [0.25, 0.3) is 0 Å². The third-order valence-corrected chi connectivity index (χ3v) is 2.47. The number of halogens is 1. The Balaban J connectivity index is 2.03. The molecular weight excluding hydrogens is 222 g/mol. The Morgan fingerprint density at radius 1 is 1.58 bits per heavy atom. The molecule has 4 heteroatoms. The number of hydrogen-bond donors (Lipinski definition) is 2. The molecule has 2 rings (SSSR count). The molecule has 2 N–H and O–H groups in total. The lowest BCUT2D eigenvalue weighted by Gasteiger charge is -2.36. The molecule has 0 aromatic carbocycles. The van der Waals surface area contributed by atoms with Gasteiger partial charge in [-0.05, 0) is 28.1 Å². The summed E-state index contributed by atoms with van der Waals surface area (Å²) in [6.07, 6.45) is 0.589. The summed E-state index contributed by atoms with van der Waals surface area (Å²) in [7, 11) is 0. The lowest BCUT2D eigenvalue weighted by atomic mass is 9.92. The average molecular weight is 232 g/mol. The minimum Gasteiger partial charge on any atom is -0.454 e. The largest absolute Gasteiger partial charge is 0.454 e. The maximum Gasteiger partial charge on any atom is 0.169 e. The summed E-state index contributed by atoms with van der Waals surface area (Å²) in [5, 5.41) is 12.8. The van der Waals surface area contributed by atoms with E-state index >= 15 is 0 Å². The van der Waals surface area contributed by atoms with Crippen LogP contribution < -0.4 is 5.32 Å². The van der Waals surface area contributed by atoms with Gasteiger partial charge in [0.15, 0.2) is 4.67 Å². The maximum absolute atomic E-state index is 9.73. The Morgan fingerprint density at radius 2 is 2.33 bits per heavy atom. The fourth-order valence-corrected chi connectivity index (χ4v) is 1.65. The summed E-state index contributed by atoms with van der Waals surface area (Å²) in [6.45, 7) is 1.32. The second-order valence-corrected chi connectivity index (χ2v) is 3.99. The Hall–Kier alpha value is -0.320. The number of β-amino-alcohol motifs (C(OH)–C–C–N with tert-alkyl or cyclic N) is 1. The van der Waals surface area contributed by atoms with Gasteiger partial charge in [-0.25, -0.2) is 0 Å². The number of aliphatic hydroxyl groups is 1. The van der Waals surface area contributed by atoms with Crippen molar-refractivity contribution in [3.8, 4) is 0 Å². The van der Waals surface area contributed by atoms with E-state index in [1.54, 1.807) is 0 Å². The fourth-order valence-electron chi connectivity index (χ4n) is 1.31. The topological polar surface area (TPSA) is 45.4 Å². The predicted octanol–water partition coefficient (Wildman–Crippen LogP) is 0.919. The van der Waals surface area contributed by atoms with Crippen molar-refractivity contribution in [2.75, 3.05) is 13.1 Å². The molecule has 12 heavy (non-hydrogen) atoms. The minimum absolute atomic E-state index is 0.586. The summed E-state index contributed by atoms with van der Waals surface area (Å²) in [5.74, 6) is 0.825. The van der Waals surface area contributed by atoms with Crippen LogP contribution in [0.4, 0.5) is 0 Å². The third kappa shape index (κ3) is 1.55. The standard InChI is InChI=1S/C8H10BrNO2/c9-7-2-1-6(12-7)3-8(11)4-10-5-8/h1-2,10-11H,3-5H2. The first-order valence-electron chi connectivity index (χ1n) is 3.85. The lowest BCUT2D eigenvalue weighted by molar-refractivity contribution is -0.0131. The van der Waals surface area contributed by atoms with E-state index in [1.165, 1.54) is 0 Å². The van der Waals surface area contributed by atoms with Gasteiger partial charge in [0.2, 0.25) is 0 Å². The van der Waals surface area contributed by atoms with Gasteiger partial charge in [-0.15, -0.1) is 0 Å². The molecule has 1 aliphatic rings. The van der Waals surface area contributed by atoms with Crippen LogP contribution in [0.1, 0.15) is 5.76 Å². The Bertz CT molecular complexity index is 280. The zero-order valence-electron chi connectivity index (χ0n) is 6.51. The summed E-state index contributed by atoms with van der Waals surface area (Å²) in [4.78, 5) is 0. The van der Waals surface area contributed by atoms with Crippen LogP contribution in [-0.4, -0.2) is 23.8 Å². The number of nitrogens with one attached hydrogen (secondary N) is 1.